The monoisotopic (exact) mass is 351 g/mol. The molecule has 7 heteroatoms. The zero-order valence-electron chi connectivity index (χ0n) is 15.0. The molecule has 0 atom stereocenters. The van der Waals surface area contributed by atoms with Crippen LogP contribution in [-0.2, 0) is 6.54 Å². The Morgan fingerprint density at radius 2 is 2.19 bits per heavy atom. The van der Waals surface area contributed by atoms with Crippen LogP contribution in [0.15, 0.2) is 34.2 Å². The van der Waals surface area contributed by atoms with Crippen molar-refractivity contribution in [3.8, 4) is 11.1 Å². The van der Waals surface area contributed by atoms with E-state index >= 15 is 0 Å². The molecule has 0 saturated carbocycles. The third kappa shape index (κ3) is 3.37. The summed E-state index contributed by atoms with van der Waals surface area (Å²) in [6.07, 6.45) is 7.21. The molecular formula is C19H21N5O2. The van der Waals surface area contributed by atoms with Gasteiger partial charge in [0, 0.05) is 17.3 Å². The second-order valence-corrected chi connectivity index (χ2v) is 5.87. The van der Waals surface area contributed by atoms with E-state index in [1.807, 2.05) is 32.9 Å². The number of aryl methyl sites for hydroxylation is 2. The lowest BCUT2D eigenvalue weighted by atomic mass is 10.1. The maximum atomic E-state index is 12.1. The van der Waals surface area contributed by atoms with E-state index in [0.717, 1.165) is 34.0 Å². The summed E-state index contributed by atoms with van der Waals surface area (Å²) in [4.78, 5) is 22.6. The lowest BCUT2D eigenvalue weighted by Crippen LogP contribution is -2.14. The Bertz CT molecular complexity index is 1000. The van der Waals surface area contributed by atoms with Crippen LogP contribution >= 0.6 is 0 Å². The lowest BCUT2D eigenvalue weighted by Gasteiger charge is -2.06. The van der Waals surface area contributed by atoms with Crippen LogP contribution in [0.25, 0.3) is 23.3 Å². The molecule has 0 bridgehead atoms. The van der Waals surface area contributed by atoms with Crippen LogP contribution in [0.2, 0.25) is 0 Å². The van der Waals surface area contributed by atoms with Gasteiger partial charge >= 0.3 is 0 Å². The van der Waals surface area contributed by atoms with Crippen molar-refractivity contribution in [2.75, 3.05) is 5.32 Å². The van der Waals surface area contributed by atoms with Gasteiger partial charge in [-0.15, -0.1) is 0 Å². The molecule has 0 spiro atoms. The maximum Gasteiger partial charge on any atom is 0.271 e. The minimum absolute atomic E-state index is 0.204. The Morgan fingerprint density at radius 3 is 2.85 bits per heavy atom. The first-order valence-corrected chi connectivity index (χ1v) is 8.27. The second kappa shape index (κ2) is 7.26. The van der Waals surface area contributed by atoms with E-state index in [9.17, 15) is 4.79 Å². The van der Waals surface area contributed by atoms with Gasteiger partial charge in [0.05, 0.1) is 23.6 Å². The van der Waals surface area contributed by atoms with Gasteiger partial charge in [0.25, 0.3) is 5.56 Å². The summed E-state index contributed by atoms with van der Waals surface area (Å²) in [5.41, 5.74) is 4.40. The highest BCUT2D eigenvalue weighted by molar-refractivity contribution is 5.70. The van der Waals surface area contributed by atoms with E-state index in [2.05, 4.69) is 32.0 Å². The van der Waals surface area contributed by atoms with E-state index in [0.29, 0.717) is 18.0 Å². The van der Waals surface area contributed by atoms with Crippen molar-refractivity contribution < 1.29 is 4.52 Å². The van der Waals surface area contributed by atoms with Gasteiger partial charge in [0.1, 0.15) is 17.3 Å². The number of aromatic nitrogens is 4. The summed E-state index contributed by atoms with van der Waals surface area (Å²) < 4.78 is 5.21. The van der Waals surface area contributed by atoms with Gasteiger partial charge < -0.3 is 19.8 Å². The smallest absolute Gasteiger partial charge is 0.271 e. The number of allylic oxidation sites excluding steroid dienone is 1. The fourth-order valence-corrected chi connectivity index (χ4v) is 2.82. The first kappa shape index (κ1) is 17.5. The molecule has 7 nitrogen and oxygen atoms in total. The van der Waals surface area contributed by atoms with E-state index in [1.54, 1.807) is 18.3 Å². The van der Waals surface area contributed by atoms with Crippen molar-refractivity contribution in [1.29, 1.82) is 0 Å². The molecule has 134 valence electrons. The van der Waals surface area contributed by atoms with E-state index in [4.69, 9.17) is 4.52 Å². The number of pyridine rings is 1. The predicted octanol–water partition coefficient (Wildman–Crippen LogP) is 3.66. The molecule has 3 heterocycles. The molecule has 0 fully saturated rings. The summed E-state index contributed by atoms with van der Waals surface area (Å²) in [6.45, 7) is 9.80. The van der Waals surface area contributed by atoms with E-state index in [1.165, 1.54) is 0 Å². The van der Waals surface area contributed by atoms with Crippen LogP contribution in [0, 0.1) is 13.8 Å². The Balaban J connectivity index is 1.86. The SMILES string of the molecule is C=Cc1nc(CNc2cc(-c3c(C)noc3C)c[nH]c2=O)[nH]c1/C=C\C. The number of nitrogens with zero attached hydrogens (tertiary/aromatic N) is 2. The molecule has 0 unspecified atom stereocenters. The molecule has 0 amide bonds. The van der Waals surface area contributed by atoms with Crippen LogP contribution in [0.1, 0.15) is 35.6 Å². The molecule has 0 saturated heterocycles. The zero-order valence-corrected chi connectivity index (χ0v) is 15.0. The molecule has 3 aromatic rings. The zero-order chi connectivity index (χ0) is 18.7. The van der Waals surface area contributed by atoms with Crippen molar-refractivity contribution in [2.45, 2.75) is 27.3 Å². The molecule has 0 radical (unpaired) electrons. The summed E-state index contributed by atoms with van der Waals surface area (Å²) in [7, 11) is 0. The van der Waals surface area contributed by atoms with Crippen molar-refractivity contribution in [2.24, 2.45) is 0 Å². The van der Waals surface area contributed by atoms with Gasteiger partial charge in [-0.05, 0) is 39.0 Å². The van der Waals surface area contributed by atoms with Crippen molar-refractivity contribution in [3.63, 3.8) is 0 Å². The van der Waals surface area contributed by atoms with E-state index in [-0.39, 0.29) is 5.56 Å². The Kier molecular flexibility index (Phi) is 4.88. The van der Waals surface area contributed by atoms with Crippen LogP contribution in [0.5, 0.6) is 0 Å². The van der Waals surface area contributed by atoms with Crippen molar-refractivity contribution in [1.82, 2.24) is 20.1 Å². The number of aromatic amines is 2. The second-order valence-electron chi connectivity index (χ2n) is 5.87. The minimum atomic E-state index is -0.204. The molecule has 3 aromatic heterocycles. The van der Waals surface area contributed by atoms with Crippen molar-refractivity contribution >= 4 is 17.8 Å². The van der Waals surface area contributed by atoms with E-state index < -0.39 is 0 Å². The minimum Gasteiger partial charge on any atom is -0.373 e. The first-order valence-electron chi connectivity index (χ1n) is 8.27. The molecule has 0 aromatic carbocycles. The Labute approximate surface area is 150 Å². The number of hydrogen-bond donors (Lipinski definition) is 3. The van der Waals surface area contributed by atoms with Crippen LogP contribution < -0.4 is 10.9 Å². The number of H-pyrrole nitrogens is 2. The number of hydrogen-bond acceptors (Lipinski definition) is 5. The molecule has 0 aliphatic heterocycles. The number of rotatable bonds is 6. The lowest BCUT2D eigenvalue weighted by molar-refractivity contribution is 0.393. The van der Waals surface area contributed by atoms with Crippen LogP contribution in [0.4, 0.5) is 5.69 Å². The highest BCUT2D eigenvalue weighted by Gasteiger charge is 2.13. The molecule has 0 aliphatic carbocycles. The number of anilines is 1. The van der Waals surface area contributed by atoms with Gasteiger partial charge in [0.15, 0.2) is 0 Å². The molecule has 26 heavy (non-hydrogen) atoms. The third-order valence-corrected chi connectivity index (χ3v) is 4.01. The summed E-state index contributed by atoms with van der Waals surface area (Å²) in [6, 6.07) is 1.79. The molecular weight excluding hydrogens is 330 g/mol. The Hall–Kier alpha value is -3.35. The van der Waals surface area contributed by atoms with Gasteiger partial charge in [-0.25, -0.2) is 4.98 Å². The average molecular weight is 351 g/mol. The highest BCUT2D eigenvalue weighted by atomic mass is 16.5. The van der Waals surface area contributed by atoms with Crippen molar-refractivity contribution in [3.05, 3.63) is 63.9 Å². The summed E-state index contributed by atoms with van der Waals surface area (Å²) in [5, 5.41) is 7.09. The largest absolute Gasteiger partial charge is 0.373 e. The van der Waals surface area contributed by atoms with Crippen LogP contribution in [0.3, 0.4) is 0 Å². The van der Waals surface area contributed by atoms with Gasteiger partial charge in [-0.3, -0.25) is 4.79 Å². The normalized spacial score (nSPS) is 11.2. The molecule has 3 rings (SSSR count). The first-order chi connectivity index (χ1) is 12.5. The summed E-state index contributed by atoms with van der Waals surface area (Å²) >= 11 is 0. The summed E-state index contributed by atoms with van der Waals surface area (Å²) in [5.74, 6) is 1.42. The number of imidazole rings is 1. The van der Waals surface area contributed by atoms with Gasteiger partial charge in [-0.1, -0.05) is 17.8 Å². The quantitative estimate of drug-likeness (QED) is 0.629. The van der Waals surface area contributed by atoms with Gasteiger partial charge in [-0.2, -0.15) is 0 Å². The highest BCUT2D eigenvalue weighted by Crippen LogP contribution is 2.27. The maximum absolute atomic E-state index is 12.1. The van der Waals surface area contributed by atoms with Gasteiger partial charge in [0.2, 0.25) is 0 Å². The fraction of sp³-hybridized carbons (Fsp3) is 0.211. The fourth-order valence-electron chi connectivity index (χ4n) is 2.82. The topological polar surface area (TPSA) is 99.6 Å². The third-order valence-electron chi connectivity index (χ3n) is 4.01. The molecule has 3 N–H and O–H groups in total. The number of nitrogens with one attached hydrogen (secondary N) is 3. The Morgan fingerprint density at radius 1 is 1.38 bits per heavy atom. The molecule has 0 aliphatic rings. The standard InChI is InChI=1S/C19H21N5O2/c1-5-7-15-14(6-2)22-17(23-15)10-20-16-8-13(9-21-19(16)25)18-11(3)24-26-12(18)4/h5-9,20H,2,10H2,1,3-4H3,(H,21,25)(H,22,23)/b7-5-. The predicted molar refractivity (Wildman–Crippen MR) is 103 cm³/mol. The average Bonchev–Trinajstić information content (AvgIpc) is 3.17. The van der Waals surface area contributed by atoms with Crippen LogP contribution in [-0.4, -0.2) is 20.1 Å².